The van der Waals surface area contributed by atoms with Crippen LogP contribution in [-0.2, 0) is 9.31 Å². The molecule has 0 aliphatic carbocycles. The van der Waals surface area contributed by atoms with Crippen LogP contribution in [0.3, 0.4) is 0 Å². The van der Waals surface area contributed by atoms with Gasteiger partial charge >= 0.3 is 7.12 Å². The van der Waals surface area contributed by atoms with Gasteiger partial charge in [0.25, 0.3) is 0 Å². The third-order valence-electron chi connectivity index (χ3n) is 6.13. The molecule has 28 heavy (non-hydrogen) atoms. The van der Waals surface area contributed by atoms with Crippen molar-refractivity contribution >= 4 is 34.5 Å². The summed E-state index contributed by atoms with van der Waals surface area (Å²) in [6.45, 7) is 8.27. The van der Waals surface area contributed by atoms with Crippen LogP contribution in [0.15, 0.2) is 71.1 Å². The van der Waals surface area contributed by atoms with Crippen molar-refractivity contribution in [2.45, 2.75) is 38.9 Å². The molecule has 1 aromatic heterocycles. The molecule has 3 nitrogen and oxygen atoms in total. The van der Waals surface area contributed by atoms with Crippen molar-refractivity contribution in [2.24, 2.45) is 0 Å². The summed E-state index contributed by atoms with van der Waals surface area (Å²) in [6.07, 6.45) is 0. The van der Waals surface area contributed by atoms with Gasteiger partial charge < -0.3 is 13.7 Å². The minimum atomic E-state index is -0.392. The molecule has 4 aromatic rings. The highest BCUT2D eigenvalue weighted by molar-refractivity contribution is 6.62. The maximum atomic E-state index is 6.33. The second kappa shape index (κ2) is 5.97. The van der Waals surface area contributed by atoms with Crippen LogP contribution in [-0.4, -0.2) is 18.3 Å². The molecule has 0 radical (unpaired) electrons. The average Bonchev–Trinajstić information content (AvgIpc) is 3.15. The summed E-state index contributed by atoms with van der Waals surface area (Å²) >= 11 is 0. The van der Waals surface area contributed by atoms with E-state index < -0.39 is 7.12 Å². The second-order valence-corrected chi connectivity index (χ2v) is 8.49. The fourth-order valence-electron chi connectivity index (χ4n) is 3.79. The van der Waals surface area contributed by atoms with Gasteiger partial charge in [0.15, 0.2) is 0 Å². The summed E-state index contributed by atoms with van der Waals surface area (Å²) in [5, 5.41) is 2.23. The Bertz CT molecular complexity index is 1160. The number of fused-ring (bicyclic) bond motifs is 3. The summed E-state index contributed by atoms with van der Waals surface area (Å²) in [4.78, 5) is 0. The summed E-state index contributed by atoms with van der Waals surface area (Å²) in [5.41, 5.74) is 4.28. The smallest absolute Gasteiger partial charge is 0.455 e. The minimum absolute atomic E-state index is 0.360. The zero-order valence-electron chi connectivity index (χ0n) is 16.7. The van der Waals surface area contributed by atoms with Gasteiger partial charge in [-0.25, -0.2) is 0 Å². The number of rotatable bonds is 2. The van der Waals surface area contributed by atoms with E-state index in [2.05, 4.69) is 70.2 Å². The molecule has 0 atom stereocenters. The number of furan rings is 1. The van der Waals surface area contributed by atoms with Crippen molar-refractivity contribution in [1.82, 2.24) is 0 Å². The Kier molecular flexibility index (Phi) is 3.74. The van der Waals surface area contributed by atoms with Gasteiger partial charge in [-0.1, -0.05) is 60.7 Å². The molecule has 4 heteroatoms. The van der Waals surface area contributed by atoms with Crippen molar-refractivity contribution < 1.29 is 13.7 Å². The highest BCUT2D eigenvalue weighted by Crippen LogP contribution is 2.38. The Morgan fingerprint density at radius 3 is 2.14 bits per heavy atom. The van der Waals surface area contributed by atoms with Gasteiger partial charge in [0.05, 0.1) is 11.2 Å². The topological polar surface area (TPSA) is 31.6 Å². The number of hydrogen-bond acceptors (Lipinski definition) is 3. The van der Waals surface area contributed by atoms with E-state index in [1.54, 1.807) is 0 Å². The molecule has 0 unspecified atom stereocenters. The molecule has 5 rings (SSSR count). The zero-order valence-corrected chi connectivity index (χ0v) is 16.7. The van der Waals surface area contributed by atoms with Crippen LogP contribution in [0.4, 0.5) is 0 Å². The van der Waals surface area contributed by atoms with Crippen LogP contribution in [0.2, 0.25) is 0 Å². The van der Waals surface area contributed by atoms with E-state index in [0.29, 0.717) is 0 Å². The first-order chi connectivity index (χ1) is 13.4. The van der Waals surface area contributed by atoms with Gasteiger partial charge in [-0.05, 0) is 44.8 Å². The van der Waals surface area contributed by atoms with Crippen LogP contribution in [0.25, 0.3) is 33.1 Å². The minimum Gasteiger partial charge on any atom is -0.455 e. The van der Waals surface area contributed by atoms with Crippen molar-refractivity contribution in [3.63, 3.8) is 0 Å². The van der Waals surface area contributed by atoms with Gasteiger partial charge in [0.1, 0.15) is 11.2 Å². The highest BCUT2D eigenvalue weighted by atomic mass is 16.7. The normalized spacial score (nSPS) is 18.2. The first-order valence-corrected chi connectivity index (χ1v) is 9.72. The van der Waals surface area contributed by atoms with Gasteiger partial charge in [-0.15, -0.1) is 0 Å². The van der Waals surface area contributed by atoms with E-state index in [9.17, 15) is 0 Å². The standard InChI is InChI=1S/C24H23BO3/c1-23(2)24(3,4)28-25(27-23)17-13-14-19-20-12-8-11-18(16-9-6-5-7-10-16)22(20)26-21(19)15-17/h5-15H,1-4H3. The van der Waals surface area contributed by atoms with E-state index in [1.165, 1.54) is 0 Å². The largest absolute Gasteiger partial charge is 0.494 e. The molecule has 0 N–H and O–H groups in total. The molecule has 0 saturated carbocycles. The lowest BCUT2D eigenvalue weighted by atomic mass is 9.79. The van der Waals surface area contributed by atoms with E-state index >= 15 is 0 Å². The van der Waals surface area contributed by atoms with Crippen LogP contribution < -0.4 is 5.46 Å². The fourth-order valence-corrected chi connectivity index (χ4v) is 3.79. The van der Waals surface area contributed by atoms with Gasteiger partial charge in [0, 0.05) is 16.3 Å². The first-order valence-electron chi connectivity index (χ1n) is 9.72. The van der Waals surface area contributed by atoms with Crippen molar-refractivity contribution in [3.05, 3.63) is 66.7 Å². The van der Waals surface area contributed by atoms with Gasteiger partial charge in [-0.3, -0.25) is 0 Å². The van der Waals surface area contributed by atoms with Crippen LogP contribution in [0, 0.1) is 0 Å². The van der Waals surface area contributed by atoms with Gasteiger partial charge in [-0.2, -0.15) is 0 Å². The molecule has 2 heterocycles. The highest BCUT2D eigenvalue weighted by Gasteiger charge is 2.51. The third-order valence-corrected chi connectivity index (χ3v) is 6.13. The Balaban J connectivity index is 1.63. The maximum absolute atomic E-state index is 6.33. The van der Waals surface area contributed by atoms with Crippen molar-refractivity contribution in [2.75, 3.05) is 0 Å². The molecular weight excluding hydrogens is 347 g/mol. The number of hydrogen-bond donors (Lipinski definition) is 0. The average molecular weight is 370 g/mol. The summed E-state index contributed by atoms with van der Waals surface area (Å²) in [7, 11) is -0.392. The summed E-state index contributed by atoms with van der Waals surface area (Å²) < 4.78 is 18.7. The van der Waals surface area contributed by atoms with Gasteiger partial charge in [0.2, 0.25) is 0 Å². The monoisotopic (exact) mass is 370 g/mol. The summed E-state index contributed by atoms with van der Waals surface area (Å²) in [5.74, 6) is 0. The Morgan fingerprint density at radius 1 is 0.714 bits per heavy atom. The lowest BCUT2D eigenvalue weighted by molar-refractivity contribution is 0.00578. The quantitative estimate of drug-likeness (QED) is 0.434. The predicted molar refractivity (Wildman–Crippen MR) is 115 cm³/mol. The first kappa shape index (κ1) is 17.5. The zero-order chi connectivity index (χ0) is 19.5. The predicted octanol–water partition coefficient (Wildman–Crippen LogP) is 5.55. The van der Waals surface area contributed by atoms with E-state index in [0.717, 1.165) is 38.5 Å². The molecular formula is C24H23BO3. The Hall–Kier alpha value is -2.56. The maximum Gasteiger partial charge on any atom is 0.494 e. The molecule has 3 aromatic carbocycles. The molecule has 1 fully saturated rings. The lowest BCUT2D eigenvalue weighted by Crippen LogP contribution is -2.41. The SMILES string of the molecule is CC1(C)OB(c2ccc3c(c2)oc2c(-c4ccccc4)cccc23)OC1(C)C. The van der Waals surface area contributed by atoms with Crippen LogP contribution in [0.5, 0.6) is 0 Å². The van der Waals surface area contributed by atoms with Crippen molar-refractivity contribution in [3.8, 4) is 11.1 Å². The molecule has 140 valence electrons. The fraction of sp³-hybridized carbons (Fsp3) is 0.250. The van der Waals surface area contributed by atoms with E-state index in [-0.39, 0.29) is 11.2 Å². The summed E-state index contributed by atoms with van der Waals surface area (Å²) in [6, 6.07) is 22.9. The van der Waals surface area contributed by atoms with E-state index in [1.807, 2.05) is 24.3 Å². The lowest BCUT2D eigenvalue weighted by Gasteiger charge is -2.32. The van der Waals surface area contributed by atoms with E-state index in [4.69, 9.17) is 13.7 Å². The molecule has 1 aliphatic heterocycles. The van der Waals surface area contributed by atoms with Crippen LogP contribution in [0.1, 0.15) is 27.7 Å². The molecule has 0 amide bonds. The number of para-hydroxylation sites is 1. The second-order valence-electron chi connectivity index (χ2n) is 8.49. The third kappa shape index (κ3) is 2.60. The Labute approximate surface area is 165 Å². The van der Waals surface area contributed by atoms with Crippen molar-refractivity contribution in [1.29, 1.82) is 0 Å². The molecule has 0 spiro atoms. The Morgan fingerprint density at radius 2 is 1.43 bits per heavy atom. The molecule has 0 bridgehead atoms. The van der Waals surface area contributed by atoms with Crippen LogP contribution >= 0.6 is 0 Å². The number of benzene rings is 3. The molecule has 1 aliphatic rings. The molecule has 1 saturated heterocycles.